The van der Waals surface area contributed by atoms with Gasteiger partial charge in [0.25, 0.3) is 0 Å². The highest BCUT2D eigenvalue weighted by molar-refractivity contribution is 7.54. The fourth-order valence-electron chi connectivity index (χ4n) is 3.99. The van der Waals surface area contributed by atoms with Gasteiger partial charge in [0.1, 0.15) is 5.75 Å². The zero-order valence-electron chi connectivity index (χ0n) is 19.4. The molecule has 4 rings (SSSR count). The molecule has 4 aromatic carbocycles. The Kier molecular flexibility index (Phi) is 6.76. The summed E-state index contributed by atoms with van der Waals surface area (Å²) in [5.41, 5.74) is 1.22. The van der Waals surface area contributed by atoms with E-state index >= 15 is 0 Å². The zero-order chi connectivity index (χ0) is 23.6. The third-order valence-corrected chi connectivity index (χ3v) is 7.78. The van der Waals surface area contributed by atoms with E-state index in [-0.39, 0.29) is 18.0 Å². The number of fused-ring (bicyclic) bond motifs is 2. The van der Waals surface area contributed by atoms with E-state index in [1.165, 1.54) is 0 Å². The van der Waals surface area contributed by atoms with Crippen LogP contribution >= 0.6 is 7.60 Å². The van der Waals surface area contributed by atoms with Crippen molar-refractivity contribution in [3.8, 4) is 5.75 Å². The molecule has 0 saturated heterocycles. The monoisotopic (exact) mass is 463 g/mol. The van der Waals surface area contributed by atoms with E-state index in [0.717, 1.165) is 21.8 Å². The van der Waals surface area contributed by atoms with E-state index in [0.29, 0.717) is 10.9 Å². The number of benzene rings is 4. The van der Waals surface area contributed by atoms with E-state index in [9.17, 15) is 9.67 Å². The quantitative estimate of drug-likeness (QED) is 0.260. The number of anilines is 1. The highest BCUT2D eigenvalue weighted by Crippen LogP contribution is 2.63. The highest BCUT2D eigenvalue weighted by Gasteiger charge is 2.41. The lowest BCUT2D eigenvalue weighted by atomic mass is 10.0. The van der Waals surface area contributed by atoms with Crippen LogP contribution < -0.4 is 5.32 Å². The van der Waals surface area contributed by atoms with Gasteiger partial charge >= 0.3 is 7.60 Å². The van der Waals surface area contributed by atoms with Crippen LogP contribution in [0.3, 0.4) is 0 Å². The summed E-state index contributed by atoms with van der Waals surface area (Å²) in [4.78, 5) is 0. The molecule has 0 aromatic heterocycles. The molecule has 0 saturated carbocycles. The van der Waals surface area contributed by atoms with Crippen molar-refractivity contribution in [2.75, 3.05) is 5.32 Å². The van der Waals surface area contributed by atoms with Crippen LogP contribution in [0.25, 0.3) is 21.5 Å². The smallest absolute Gasteiger partial charge is 0.357 e. The number of aromatic hydroxyl groups is 1. The molecule has 2 N–H and O–H groups in total. The lowest BCUT2D eigenvalue weighted by Gasteiger charge is -2.32. The molecule has 1 unspecified atom stereocenters. The van der Waals surface area contributed by atoms with Crippen LogP contribution in [-0.4, -0.2) is 17.3 Å². The minimum atomic E-state index is -3.77. The molecule has 4 aromatic rings. The maximum atomic E-state index is 14.3. The third-order valence-electron chi connectivity index (χ3n) is 5.31. The molecule has 0 aliphatic heterocycles. The average Bonchev–Trinajstić information content (AvgIpc) is 2.77. The van der Waals surface area contributed by atoms with Gasteiger partial charge in [-0.2, -0.15) is 0 Å². The summed E-state index contributed by atoms with van der Waals surface area (Å²) in [5, 5.41) is 18.3. The number of phenolic OH excluding ortho intramolecular Hbond substituents is 1. The van der Waals surface area contributed by atoms with Crippen molar-refractivity contribution >= 4 is 34.8 Å². The van der Waals surface area contributed by atoms with E-state index in [4.69, 9.17) is 9.05 Å². The van der Waals surface area contributed by atoms with Crippen molar-refractivity contribution in [1.82, 2.24) is 0 Å². The number of nitrogens with one attached hydrogen (secondary N) is 1. The average molecular weight is 464 g/mol. The Balaban J connectivity index is 1.87. The minimum Gasteiger partial charge on any atom is -0.507 e. The van der Waals surface area contributed by atoms with Gasteiger partial charge in [-0.05, 0) is 56.0 Å². The second-order valence-electron chi connectivity index (χ2n) is 8.68. The summed E-state index contributed by atoms with van der Waals surface area (Å²) in [5.74, 6) is -0.848. The van der Waals surface area contributed by atoms with Crippen molar-refractivity contribution in [1.29, 1.82) is 0 Å². The lowest BCUT2D eigenvalue weighted by Crippen LogP contribution is -2.19. The second kappa shape index (κ2) is 9.56. The van der Waals surface area contributed by atoms with Crippen LogP contribution in [0, 0.1) is 0 Å². The Hall–Kier alpha value is -2.85. The topological polar surface area (TPSA) is 67.8 Å². The third kappa shape index (κ3) is 5.06. The molecule has 0 heterocycles. The molecule has 0 amide bonds. The molecule has 0 fully saturated rings. The van der Waals surface area contributed by atoms with Crippen molar-refractivity contribution in [2.45, 2.75) is 45.7 Å². The van der Waals surface area contributed by atoms with Gasteiger partial charge < -0.3 is 19.5 Å². The molecule has 172 valence electrons. The molecule has 0 radical (unpaired) electrons. The van der Waals surface area contributed by atoms with Crippen molar-refractivity contribution in [3.05, 3.63) is 84.4 Å². The number of phenols is 1. The summed E-state index contributed by atoms with van der Waals surface area (Å²) in [6, 6.07) is 25.2. The molecular formula is C27H30NO4P. The van der Waals surface area contributed by atoms with E-state index in [1.54, 1.807) is 6.07 Å². The van der Waals surface area contributed by atoms with Crippen LogP contribution in [0.1, 0.15) is 39.0 Å². The maximum Gasteiger partial charge on any atom is 0.357 e. The molecule has 0 spiro atoms. The molecule has 33 heavy (non-hydrogen) atoms. The first-order valence-electron chi connectivity index (χ1n) is 11.2. The fourth-order valence-corrected chi connectivity index (χ4v) is 6.32. The first-order valence-corrected chi connectivity index (χ1v) is 12.8. The van der Waals surface area contributed by atoms with Gasteiger partial charge in [-0.15, -0.1) is 0 Å². The molecular weight excluding hydrogens is 433 g/mol. The van der Waals surface area contributed by atoms with E-state index < -0.39 is 13.4 Å². The molecule has 0 bridgehead atoms. The lowest BCUT2D eigenvalue weighted by molar-refractivity contribution is 0.138. The normalized spacial score (nSPS) is 13.2. The highest BCUT2D eigenvalue weighted by atomic mass is 31.2. The van der Waals surface area contributed by atoms with Gasteiger partial charge in [-0.1, -0.05) is 66.7 Å². The Bertz CT molecular complexity index is 1300. The van der Waals surface area contributed by atoms with Gasteiger partial charge in [-0.3, -0.25) is 4.57 Å². The van der Waals surface area contributed by atoms with Crippen LogP contribution in [0.5, 0.6) is 5.75 Å². The van der Waals surface area contributed by atoms with Crippen molar-refractivity contribution in [2.24, 2.45) is 0 Å². The van der Waals surface area contributed by atoms with Gasteiger partial charge in [0.2, 0.25) is 0 Å². The van der Waals surface area contributed by atoms with Crippen LogP contribution in [-0.2, 0) is 13.6 Å². The molecule has 6 heteroatoms. The summed E-state index contributed by atoms with van der Waals surface area (Å²) < 4.78 is 26.2. The van der Waals surface area contributed by atoms with Gasteiger partial charge in [0.15, 0.2) is 5.78 Å². The standard InChI is InChI=1S/C27H30NO4P/c1-18(2)31-33(30,32-19(3)4)27(25-16-14-21-10-7-8-12-24(21)26(25)29)28-23-15-13-20-9-5-6-11-22(20)17-23/h5-19,27-29H,1-4H3. The number of rotatable bonds is 8. The minimum absolute atomic E-state index is 0.0614. The first-order chi connectivity index (χ1) is 15.8. The Morgan fingerprint density at radius 3 is 2.00 bits per heavy atom. The largest absolute Gasteiger partial charge is 0.507 e. The summed E-state index contributed by atoms with van der Waals surface area (Å²) >= 11 is 0. The zero-order valence-corrected chi connectivity index (χ0v) is 20.3. The predicted octanol–water partition coefficient (Wildman–Crippen LogP) is 7.85. The van der Waals surface area contributed by atoms with Gasteiger partial charge in [-0.25, -0.2) is 0 Å². The molecule has 0 aliphatic carbocycles. The summed E-state index contributed by atoms with van der Waals surface area (Å²) in [6.07, 6.45) is -0.670. The maximum absolute atomic E-state index is 14.3. The molecule has 0 aliphatic rings. The van der Waals surface area contributed by atoms with Crippen molar-refractivity contribution < 1.29 is 18.7 Å². The van der Waals surface area contributed by atoms with Crippen LogP contribution in [0.4, 0.5) is 5.69 Å². The second-order valence-corrected chi connectivity index (χ2v) is 10.7. The van der Waals surface area contributed by atoms with E-state index in [2.05, 4.69) is 5.32 Å². The first kappa shape index (κ1) is 23.3. The predicted molar refractivity (Wildman–Crippen MR) is 136 cm³/mol. The summed E-state index contributed by atoms with van der Waals surface area (Å²) in [6.45, 7) is 7.29. The van der Waals surface area contributed by atoms with Gasteiger partial charge in [0.05, 0.1) is 12.2 Å². The molecule has 5 nitrogen and oxygen atoms in total. The number of hydrogen-bond acceptors (Lipinski definition) is 5. The molecule has 1 atom stereocenters. The number of hydrogen-bond donors (Lipinski definition) is 2. The fraction of sp³-hybridized carbons (Fsp3) is 0.259. The Morgan fingerprint density at radius 1 is 0.758 bits per heavy atom. The Labute approximate surface area is 194 Å². The van der Waals surface area contributed by atoms with Gasteiger partial charge in [0, 0.05) is 16.6 Å². The van der Waals surface area contributed by atoms with Crippen LogP contribution in [0.2, 0.25) is 0 Å². The van der Waals surface area contributed by atoms with Crippen molar-refractivity contribution in [3.63, 3.8) is 0 Å². The summed E-state index contributed by atoms with van der Waals surface area (Å²) in [7, 11) is -3.77. The van der Waals surface area contributed by atoms with Crippen LogP contribution in [0.15, 0.2) is 78.9 Å². The van der Waals surface area contributed by atoms with E-state index in [1.807, 2.05) is 100 Å². The Morgan fingerprint density at radius 2 is 1.33 bits per heavy atom. The SMILES string of the molecule is CC(C)OP(=O)(OC(C)C)C(Nc1ccc2ccccc2c1)c1ccc2ccccc2c1O.